The maximum Gasteiger partial charge on any atom is 0.264 e. The largest absolute Gasteiger partial charge is 0.271 e. The van der Waals surface area contributed by atoms with Crippen LogP contribution in [0.3, 0.4) is 0 Å². The molecule has 33 heavy (non-hydrogen) atoms. The molecular weight excluding hydrogens is 526 g/mol. The minimum absolute atomic E-state index is 0.0785. The van der Waals surface area contributed by atoms with Crippen molar-refractivity contribution in [1.29, 1.82) is 0 Å². The molecule has 6 nitrogen and oxygen atoms in total. The lowest BCUT2D eigenvalue weighted by atomic mass is 10.1. The van der Waals surface area contributed by atoms with E-state index >= 15 is 0 Å². The maximum atomic E-state index is 13.5. The van der Waals surface area contributed by atoms with Crippen molar-refractivity contribution in [3.8, 4) is 0 Å². The second-order valence-corrected chi connectivity index (χ2v) is 10.6. The van der Waals surface area contributed by atoms with Crippen LogP contribution in [0.4, 0.5) is 5.69 Å². The van der Waals surface area contributed by atoms with Gasteiger partial charge in [0.2, 0.25) is 0 Å². The first-order valence-corrected chi connectivity index (χ1v) is 12.6. The lowest BCUT2D eigenvalue weighted by Gasteiger charge is -2.25. The number of sulfonamides is 1. The molecule has 0 aliphatic carbocycles. The molecule has 3 rings (SSSR count). The fraction of sp³-hybridized carbons (Fsp3) is 0.167. The van der Waals surface area contributed by atoms with Crippen molar-refractivity contribution in [3.63, 3.8) is 0 Å². The zero-order chi connectivity index (χ0) is 24.2. The maximum absolute atomic E-state index is 13.5. The number of carbonyl (C=O) groups excluding carboxylic acids is 1. The first kappa shape index (κ1) is 25.0. The molecule has 3 aromatic carbocycles. The van der Waals surface area contributed by atoms with Gasteiger partial charge in [-0.25, -0.2) is 13.8 Å². The van der Waals surface area contributed by atoms with Gasteiger partial charge in [-0.2, -0.15) is 5.10 Å². The first-order chi connectivity index (χ1) is 15.6. The number of carbonyl (C=O) groups is 1. The topological polar surface area (TPSA) is 78.8 Å². The Labute approximate surface area is 207 Å². The van der Waals surface area contributed by atoms with E-state index in [4.69, 9.17) is 11.6 Å². The number of hydrazone groups is 1. The number of aryl methyl sites for hydroxylation is 1. The van der Waals surface area contributed by atoms with Crippen LogP contribution in [0.1, 0.15) is 23.6 Å². The van der Waals surface area contributed by atoms with E-state index in [0.29, 0.717) is 22.0 Å². The van der Waals surface area contributed by atoms with Crippen molar-refractivity contribution in [2.45, 2.75) is 25.7 Å². The second-order valence-electron chi connectivity index (χ2n) is 7.45. The molecule has 172 valence electrons. The third kappa shape index (κ3) is 6.01. The number of amides is 1. The van der Waals surface area contributed by atoms with Crippen LogP contribution in [0.2, 0.25) is 5.02 Å². The van der Waals surface area contributed by atoms with Gasteiger partial charge in [0.15, 0.2) is 0 Å². The Balaban J connectivity index is 1.92. The molecule has 9 heteroatoms. The Morgan fingerprint density at radius 2 is 1.67 bits per heavy atom. The number of hydrogen-bond acceptors (Lipinski definition) is 4. The molecule has 0 heterocycles. The van der Waals surface area contributed by atoms with Crippen molar-refractivity contribution < 1.29 is 13.2 Å². The number of nitrogens with zero attached hydrogens (tertiary/aromatic N) is 2. The fourth-order valence-corrected chi connectivity index (χ4v) is 4.98. The molecule has 1 amide bonds. The van der Waals surface area contributed by atoms with Gasteiger partial charge in [0, 0.05) is 9.50 Å². The monoisotopic (exact) mass is 547 g/mol. The van der Waals surface area contributed by atoms with Crippen LogP contribution in [0.15, 0.2) is 81.2 Å². The predicted octanol–water partition coefficient (Wildman–Crippen LogP) is 5.46. The Morgan fingerprint density at radius 3 is 2.30 bits per heavy atom. The first-order valence-electron chi connectivity index (χ1n) is 10.0. The highest BCUT2D eigenvalue weighted by Gasteiger charge is 2.28. The summed E-state index contributed by atoms with van der Waals surface area (Å²) in [6.45, 7) is 4.87. The van der Waals surface area contributed by atoms with Crippen LogP contribution in [0.5, 0.6) is 0 Å². The average Bonchev–Trinajstić information content (AvgIpc) is 2.78. The summed E-state index contributed by atoms with van der Waals surface area (Å²) in [5, 5.41) is 4.54. The minimum Gasteiger partial charge on any atom is -0.271 e. The molecule has 0 atom stereocenters. The quantitative estimate of drug-likeness (QED) is 0.315. The third-order valence-electron chi connectivity index (χ3n) is 5.01. The molecule has 0 saturated heterocycles. The Hall–Kier alpha value is -2.68. The number of benzene rings is 3. The van der Waals surface area contributed by atoms with E-state index in [0.717, 1.165) is 19.9 Å². The number of hydrogen-bond donors (Lipinski definition) is 1. The van der Waals surface area contributed by atoms with Crippen LogP contribution in [0.25, 0.3) is 0 Å². The lowest BCUT2D eigenvalue weighted by Crippen LogP contribution is -2.40. The summed E-state index contributed by atoms with van der Waals surface area (Å²) in [5.41, 5.74) is 5.68. The van der Waals surface area contributed by atoms with E-state index in [2.05, 4.69) is 26.5 Å². The third-order valence-corrected chi connectivity index (χ3v) is 7.73. The Kier molecular flexibility index (Phi) is 7.94. The zero-order valence-electron chi connectivity index (χ0n) is 18.3. The highest BCUT2D eigenvalue weighted by atomic mass is 79.9. The van der Waals surface area contributed by atoms with Crippen LogP contribution in [0, 0.1) is 13.8 Å². The van der Waals surface area contributed by atoms with Crippen molar-refractivity contribution >= 4 is 54.9 Å². The molecule has 3 aromatic rings. The zero-order valence-corrected chi connectivity index (χ0v) is 21.5. The van der Waals surface area contributed by atoms with Gasteiger partial charge >= 0.3 is 0 Å². The fourth-order valence-electron chi connectivity index (χ4n) is 3.07. The predicted molar refractivity (Wildman–Crippen MR) is 136 cm³/mol. The van der Waals surface area contributed by atoms with Gasteiger partial charge in [-0.3, -0.25) is 9.10 Å². The average molecular weight is 549 g/mol. The Bertz CT molecular complexity index is 1290. The molecule has 0 spiro atoms. The highest BCUT2D eigenvalue weighted by molar-refractivity contribution is 9.10. The standard InChI is InChI=1S/C24H23BrClN3O3S/c1-16-7-13-21(14-8-16)33(31,32)29(23-6-4-5-22(26)17(23)2)15-24(30)28-27-18(3)19-9-11-20(25)12-10-19/h4-14H,15H2,1-3H3,(H,28,30)/b27-18-. The van der Waals surface area contributed by atoms with Gasteiger partial charge in [0.25, 0.3) is 15.9 Å². The van der Waals surface area contributed by atoms with Crippen LogP contribution in [-0.4, -0.2) is 26.6 Å². The van der Waals surface area contributed by atoms with Crippen molar-refractivity contribution in [1.82, 2.24) is 5.43 Å². The normalized spacial score (nSPS) is 11.8. The van der Waals surface area contributed by atoms with Crippen molar-refractivity contribution in [3.05, 3.63) is 92.9 Å². The number of rotatable bonds is 7. The summed E-state index contributed by atoms with van der Waals surface area (Å²) in [4.78, 5) is 12.9. The molecule has 0 saturated carbocycles. The smallest absolute Gasteiger partial charge is 0.264 e. The molecule has 1 N–H and O–H groups in total. The Morgan fingerprint density at radius 1 is 1.03 bits per heavy atom. The van der Waals surface area contributed by atoms with E-state index < -0.39 is 22.5 Å². The summed E-state index contributed by atoms with van der Waals surface area (Å²) in [7, 11) is -4.04. The number of anilines is 1. The lowest BCUT2D eigenvalue weighted by molar-refractivity contribution is -0.119. The SMILES string of the molecule is C/C(=N/NC(=O)CN(c1cccc(Cl)c1C)S(=O)(=O)c1ccc(C)cc1)c1ccc(Br)cc1. The summed E-state index contributed by atoms with van der Waals surface area (Å²) < 4.78 is 29.0. The number of halogens is 2. The summed E-state index contributed by atoms with van der Waals surface area (Å²) in [5.74, 6) is -0.582. The highest BCUT2D eigenvalue weighted by Crippen LogP contribution is 2.30. The van der Waals surface area contributed by atoms with E-state index in [1.807, 2.05) is 31.2 Å². The molecule has 0 radical (unpaired) electrons. The van der Waals surface area contributed by atoms with Gasteiger partial charge in [-0.15, -0.1) is 0 Å². The van der Waals surface area contributed by atoms with E-state index in [1.54, 1.807) is 44.2 Å². The molecule has 0 unspecified atom stereocenters. The molecule has 0 bridgehead atoms. The molecular formula is C24H23BrClN3O3S. The number of nitrogens with one attached hydrogen (secondary N) is 1. The summed E-state index contributed by atoms with van der Waals surface area (Å²) >= 11 is 9.62. The van der Waals surface area contributed by atoms with Gasteiger partial charge in [0.05, 0.1) is 16.3 Å². The van der Waals surface area contributed by atoms with E-state index in [-0.39, 0.29) is 4.90 Å². The van der Waals surface area contributed by atoms with E-state index in [1.165, 1.54) is 12.1 Å². The van der Waals surface area contributed by atoms with Gasteiger partial charge < -0.3 is 0 Å². The second kappa shape index (κ2) is 10.5. The molecule has 0 aliphatic rings. The summed E-state index contributed by atoms with van der Waals surface area (Å²) in [6, 6.07) is 18.9. The van der Waals surface area contributed by atoms with Gasteiger partial charge in [-0.05, 0) is 68.3 Å². The van der Waals surface area contributed by atoms with Crippen LogP contribution < -0.4 is 9.73 Å². The van der Waals surface area contributed by atoms with Crippen molar-refractivity contribution in [2.75, 3.05) is 10.8 Å². The van der Waals surface area contributed by atoms with Crippen LogP contribution >= 0.6 is 27.5 Å². The summed E-state index contributed by atoms with van der Waals surface area (Å²) in [6.07, 6.45) is 0. The van der Waals surface area contributed by atoms with E-state index in [9.17, 15) is 13.2 Å². The molecule has 0 aliphatic heterocycles. The van der Waals surface area contributed by atoms with Gasteiger partial charge in [-0.1, -0.05) is 63.4 Å². The van der Waals surface area contributed by atoms with Crippen molar-refractivity contribution in [2.24, 2.45) is 5.10 Å². The minimum atomic E-state index is -4.04. The molecule has 0 fully saturated rings. The van der Waals surface area contributed by atoms with Gasteiger partial charge in [0.1, 0.15) is 6.54 Å². The van der Waals surface area contributed by atoms with Crippen LogP contribution in [-0.2, 0) is 14.8 Å². The molecule has 0 aromatic heterocycles.